The van der Waals surface area contributed by atoms with Crippen molar-refractivity contribution in [2.24, 2.45) is 17.6 Å². The van der Waals surface area contributed by atoms with Crippen molar-refractivity contribution in [2.75, 3.05) is 19.0 Å². The molecule has 9 nitrogen and oxygen atoms in total. The number of aliphatic hydroxyl groups is 3. The highest BCUT2D eigenvalue weighted by Crippen LogP contribution is 2.53. The Balaban J connectivity index is 1.70. The van der Waals surface area contributed by atoms with Crippen LogP contribution in [0, 0.1) is 18.8 Å². The number of anilines is 1. The third kappa shape index (κ3) is 3.37. The van der Waals surface area contributed by atoms with Gasteiger partial charge in [0.15, 0.2) is 11.4 Å². The molecule has 0 spiro atoms. The molecule has 6 N–H and O–H groups in total. The number of rotatable bonds is 3. The van der Waals surface area contributed by atoms with E-state index in [0.29, 0.717) is 11.1 Å². The Morgan fingerprint density at radius 1 is 1.08 bits per heavy atom. The SMILES string of the molecule is Cc1cc(-c2ccc(N(C)C)cc2)c2c(c1O)C(O)=C1C(=O)[C@]3(O)C(O)=C(C(N)=O)C(=O)C[C@@H]3C[C@@H]1C2. The van der Waals surface area contributed by atoms with Gasteiger partial charge in [-0.2, -0.15) is 0 Å². The van der Waals surface area contributed by atoms with Gasteiger partial charge in [0.25, 0.3) is 5.91 Å². The lowest BCUT2D eigenvalue weighted by Gasteiger charge is -2.46. The Bertz CT molecular complexity index is 1450. The van der Waals surface area contributed by atoms with Crippen molar-refractivity contribution < 1.29 is 34.8 Å². The zero-order chi connectivity index (χ0) is 27.0. The zero-order valence-electron chi connectivity index (χ0n) is 20.7. The summed E-state index contributed by atoms with van der Waals surface area (Å²) in [6.45, 7) is 1.68. The maximum absolute atomic E-state index is 13.7. The Morgan fingerprint density at radius 2 is 1.73 bits per heavy atom. The lowest BCUT2D eigenvalue weighted by Crippen LogP contribution is -2.58. The third-order valence-electron chi connectivity index (χ3n) is 7.95. The van der Waals surface area contributed by atoms with Gasteiger partial charge in [0.2, 0.25) is 5.78 Å². The van der Waals surface area contributed by atoms with E-state index in [1.165, 1.54) is 0 Å². The molecule has 37 heavy (non-hydrogen) atoms. The van der Waals surface area contributed by atoms with Crippen molar-refractivity contribution in [3.05, 3.63) is 63.9 Å². The Kier molecular flexibility index (Phi) is 5.45. The van der Waals surface area contributed by atoms with Gasteiger partial charge in [-0.1, -0.05) is 12.1 Å². The molecule has 2 aromatic carbocycles. The predicted octanol–water partition coefficient (Wildman–Crippen LogP) is 2.47. The van der Waals surface area contributed by atoms with E-state index < -0.39 is 52.0 Å². The summed E-state index contributed by atoms with van der Waals surface area (Å²) in [6, 6.07) is 9.62. The summed E-state index contributed by atoms with van der Waals surface area (Å²) in [7, 11) is 3.87. The van der Waals surface area contributed by atoms with Gasteiger partial charge < -0.3 is 31.1 Å². The zero-order valence-corrected chi connectivity index (χ0v) is 20.7. The molecule has 1 saturated carbocycles. The van der Waals surface area contributed by atoms with E-state index in [9.17, 15) is 34.8 Å². The number of carbonyl (C=O) groups is 3. The van der Waals surface area contributed by atoms with Crippen molar-refractivity contribution in [3.8, 4) is 16.9 Å². The minimum atomic E-state index is -2.57. The number of fused-ring (bicyclic) bond motifs is 3. The summed E-state index contributed by atoms with van der Waals surface area (Å²) in [5, 5.41) is 44.4. The quantitative estimate of drug-likeness (QED) is 0.398. The lowest BCUT2D eigenvalue weighted by atomic mass is 9.59. The van der Waals surface area contributed by atoms with Gasteiger partial charge in [-0.05, 0) is 66.1 Å². The van der Waals surface area contributed by atoms with Crippen LogP contribution in [0.4, 0.5) is 5.69 Å². The number of nitrogens with two attached hydrogens (primary N) is 1. The normalized spacial score (nSPS) is 25.0. The number of benzene rings is 2. The first-order valence-corrected chi connectivity index (χ1v) is 12.0. The summed E-state index contributed by atoms with van der Waals surface area (Å²) in [5.74, 6) is -6.32. The van der Waals surface area contributed by atoms with Gasteiger partial charge in [0.1, 0.15) is 22.8 Å². The van der Waals surface area contributed by atoms with E-state index in [0.717, 1.165) is 16.8 Å². The summed E-state index contributed by atoms with van der Waals surface area (Å²) < 4.78 is 0. The molecule has 0 aliphatic heterocycles. The van der Waals surface area contributed by atoms with Crippen molar-refractivity contribution in [2.45, 2.75) is 31.8 Å². The molecule has 0 unspecified atom stereocenters. The average molecular weight is 505 g/mol. The van der Waals surface area contributed by atoms with Crippen LogP contribution >= 0.6 is 0 Å². The van der Waals surface area contributed by atoms with E-state index >= 15 is 0 Å². The monoisotopic (exact) mass is 504 g/mol. The van der Waals surface area contributed by atoms with Crippen molar-refractivity contribution >= 4 is 28.9 Å². The first kappa shape index (κ1) is 24.6. The molecule has 3 atom stereocenters. The first-order valence-electron chi connectivity index (χ1n) is 12.0. The second-order valence-electron chi connectivity index (χ2n) is 10.3. The maximum atomic E-state index is 13.7. The van der Waals surface area contributed by atoms with Crippen molar-refractivity contribution in [1.82, 2.24) is 0 Å². The van der Waals surface area contributed by atoms with Crippen LogP contribution in [0.25, 0.3) is 16.9 Å². The standard InChI is InChI=1S/C28H28N2O7/c1-12-8-17(13-4-6-16(7-5-13)30(2)3)18-10-14-9-15-11-19(31)22(27(29)36)26(35)28(15,37)25(34)20(14)24(33)21(18)23(12)32/h4-8,14-15,32-33,35,37H,9-11H2,1-3H3,(H2,29,36)/t14-,15+,28+/m1/s1. The Morgan fingerprint density at radius 3 is 2.32 bits per heavy atom. The van der Waals surface area contributed by atoms with Gasteiger partial charge in [-0.3, -0.25) is 14.4 Å². The molecule has 0 heterocycles. The number of nitrogens with zero attached hydrogens (tertiary/aromatic N) is 1. The second-order valence-corrected chi connectivity index (χ2v) is 10.3. The molecule has 0 aromatic heterocycles. The molecule has 0 saturated heterocycles. The molecular formula is C28H28N2O7. The number of hydrogen-bond acceptors (Lipinski definition) is 8. The minimum Gasteiger partial charge on any atom is -0.508 e. The van der Waals surface area contributed by atoms with Crippen LogP contribution in [-0.4, -0.2) is 57.6 Å². The lowest BCUT2D eigenvalue weighted by molar-refractivity contribution is -0.147. The largest absolute Gasteiger partial charge is 0.508 e. The molecule has 1 amide bonds. The highest BCUT2D eigenvalue weighted by Gasteiger charge is 2.60. The fourth-order valence-corrected chi connectivity index (χ4v) is 6.02. The van der Waals surface area contributed by atoms with Crippen LogP contribution in [0.5, 0.6) is 5.75 Å². The Labute approximate surface area is 213 Å². The highest BCUT2D eigenvalue weighted by molar-refractivity contribution is 6.22. The molecular weight excluding hydrogens is 476 g/mol. The van der Waals surface area contributed by atoms with Gasteiger partial charge in [-0.25, -0.2) is 0 Å². The number of amides is 1. The van der Waals surface area contributed by atoms with Crippen molar-refractivity contribution in [1.29, 1.82) is 0 Å². The maximum Gasteiger partial charge on any atom is 0.255 e. The van der Waals surface area contributed by atoms with E-state index in [1.807, 2.05) is 49.3 Å². The summed E-state index contributed by atoms with van der Waals surface area (Å²) in [5.41, 5.74) is 5.58. The average Bonchev–Trinajstić information content (AvgIpc) is 2.83. The molecule has 0 radical (unpaired) electrons. The molecule has 9 heteroatoms. The number of aliphatic hydroxyl groups excluding tert-OH is 2. The molecule has 3 aliphatic rings. The predicted molar refractivity (Wildman–Crippen MR) is 136 cm³/mol. The van der Waals surface area contributed by atoms with E-state index in [-0.39, 0.29) is 36.1 Å². The number of phenols is 1. The van der Waals surface area contributed by atoms with E-state index in [1.54, 1.807) is 6.92 Å². The molecule has 192 valence electrons. The van der Waals surface area contributed by atoms with E-state index in [4.69, 9.17) is 5.73 Å². The van der Waals surface area contributed by atoms with Crippen LogP contribution < -0.4 is 10.6 Å². The van der Waals surface area contributed by atoms with Crippen LogP contribution in [0.3, 0.4) is 0 Å². The molecule has 0 bridgehead atoms. The van der Waals surface area contributed by atoms with Gasteiger partial charge in [0.05, 0.1) is 5.56 Å². The summed E-state index contributed by atoms with van der Waals surface area (Å²) in [6.07, 6.45) is 0.00350. The number of aromatic hydroxyl groups is 1. The minimum absolute atomic E-state index is 0.0938. The second kappa shape index (κ2) is 8.21. The van der Waals surface area contributed by atoms with Gasteiger partial charge in [0, 0.05) is 37.7 Å². The van der Waals surface area contributed by atoms with Crippen molar-refractivity contribution in [3.63, 3.8) is 0 Å². The topological polar surface area (TPSA) is 161 Å². The number of carbonyl (C=O) groups excluding carboxylic acids is 3. The molecule has 1 fully saturated rings. The van der Waals surface area contributed by atoms with Crippen LogP contribution in [-0.2, 0) is 20.8 Å². The number of primary amides is 1. The van der Waals surface area contributed by atoms with Crippen LogP contribution in [0.1, 0.15) is 29.5 Å². The van der Waals surface area contributed by atoms with E-state index in [2.05, 4.69) is 0 Å². The van der Waals surface area contributed by atoms with Crippen LogP contribution in [0.2, 0.25) is 0 Å². The summed E-state index contributed by atoms with van der Waals surface area (Å²) in [4.78, 5) is 39.9. The number of phenolic OH excluding ortho intramolecular Hbond substituents is 1. The number of hydrogen-bond donors (Lipinski definition) is 5. The van der Waals surface area contributed by atoms with Crippen LogP contribution in [0.15, 0.2) is 47.2 Å². The highest BCUT2D eigenvalue weighted by atomic mass is 16.3. The fraction of sp³-hybridized carbons (Fsp3) is 0.321. The Hall–Kier alpha value is -4.11. The van der Waals surface area contributed by atoms with Gasteiger partial charge in [-0.15, -0.1) is 0 Å². The van der Waals surface area contributed by atoms with Gasteiger partial charge >= 0.3 is 0 Å². The number of aryl methyl sites for hydroxylation is 1. The fourth-order valence-electron chi connectivity index (χ4n) is 6.02. The molecule has 3 aliphatic carbocycles. The smallest absolute Gasteiger partial charge is 0.255 e. The first-order chi connectivity index (χ1) is 17.4. The molecule has 2 aromatic rings. The third-order valence-corrected chi connectivity index (χ3v) is 7.95. The number of Topliss-reactive ketones (excluding diaryl/α,β-unsaturated/α-hetero) is 2. The summed E-state index contributed by atoms with van der Waals surface area (Å²) >= 11 is 0. The molecule has 5 rings (SSSR count). The number of ketones is 2.